The van der Waals surface area contributed by atoms with E-state index in [4.69, 9.17) is 3.40 Å². The quantitative estimate of drug-likeness (QED) is 0.531. The van der Waals surface area contributed by atoms with Gasteiger partial charge >= 0.3 is 23.2 Å². The monoisotopic (exact) mass is 363 g/mol. The van der Waals surface area contributed by atoms with Gasteiger partial charge in [0.2, 0.25) is 0 Å². The molecule has 0 unspecified atom stereocenters. The van der Waals surface area contributed by atoms with Crippen LogP contribution in [0.3, 0.4) is 0 Å². The zero-order valence-corrected chi connectivity index (χ0v) is 9.68. The van der Waals surface area contributed by atoms with Crippen molar-refractivity contribution >= 4 is 25.8 Å². The molecule has 0 bridgehead atoms. The van der Waals surface area contributed by atoms with Crippen molar-refractivity contribution in [3.8, 4) is 0 Å². The molecular formula is InOTiW. The first-order valence-corrected chi connectivity index (χ1v) is 1.36. The topological polar surface area (TPSA) is 17.1 Å². The van der Waals surface area contributed by atoms with Gasteiger partial charge in [0.15, 0.2) is 0 Å². The van der Waals surface area contributed by atoms with Crippen molar-refractivity contribution in [2.75, 3.05) is 0 Å². The smallest absolute Gasteiger partial charge is 0 e. The van der Waals surface area contributed by atoms with Crippen LogP contribution in [0.5, 0.6) is 0 Å². The summed E-state index contributed by atoms with van der Waals surface area (Å²) in [7, 11) is 0. The van der Waals surface area contributed by atoms with Crippen molar-refractivity contribution < 1.29 is 44.9 Å². The second kappa shape index (κ2) is 19.6. The molecule has 19 valence electrons. The maximum Gasteiger partial charge on any atom is 0 e. The Hall–Kier alpha value is 2.07. The van der Waals surface area contributed by atoms with Crippen molar-refractivity contribution in [2.45, 2.75) is 0 Å². The van der Waals surface area contributed by atoms with Gasteiger partial charge in [0.1, 0.15) is 0 Å². The van der Waals surface area contributed by atoms with Crippen LogP contribution in [-0.2, 0) is 44.9 Å². The fourth-order valence-electron chi connectivity index (χ4n) is 0. The minimum absolute atomic E-state index is 0. The molecule has 0 saturated heterocycles. The van der Waals surface area contributed by atoms with Crippen LogP contribution in [-0.4, -0.2) is 25.8 Å². The van der Waals surface area contributed by atoms with Crippen molar-refractivity contribution in [3.63, 3.8) is 0 Å². The molecular weight excluding hydrogens is 363 g/mol. The summed E-state index contributed by atoms with van der Waals surface area (Å²) in [6.07, 6.45) is 0. The Kier molecular flexibility index (Phi) is 81.0. The molecule has 0 heterocycles. The van der Waals surface area contributed by atoms with Crippen LogP contribution in [0.25, 0.3) is 0 Å². The molecule has 0 aromatic heterocycles. The Balaban J connectivity index is -0.00000000500. The van der Waals surface area contributed by atoms with E-state index < -0.39 is 0 Å². The van der Waals surface area contributed by atoms with Gasteiger partial charge in [-0.1, -0.05) is 0 Å². The van der Waals surface area contributed by atoms with Crippen LogP contribution in [0.1, 0.15) is 0 Å². The van der Waals surface area contributed by atoms with Gasteiger partial charge in [0, 0.05) is 47.6 Å². The Bertz CT molecular complexity index is 8.00. The molecule has 3 radical (unpaired) electrons. The van der Waals surface area contributed by atoms with Crippen molar-refractivity contribution in [2.24, 2.45) is 0 Å². The summed E-state index contributed by atoms with van der Waals surface area (Å²) in [4.78, 5) is 0. The molecule has 0 N–H and O–H groups in total. The van der Waals surface area contributed by atoms with E-state index in [1.54, 1.807) is 0 Å². The molecule has 4 heteroatoms. The first kappa shape index (κ1) is 16.6. The van der Waals surface area contributed by atoms with E-state index in [2.05, 4.69) is 0 Å². The van der Waals surface area contributed by atoms with Crippen LogP contribution >= 0.6 is 0 Å². The summed E-state index contributed by atoms with van der Waals surface area (Å²) >= 11 is 0.333. The molecule has 0 saturated carbocycles. The Morgan fingerprint density at radius 2 is 1.25 bits per heavy atom. The third-order valence-electron chi connectivity index (χ3n) is 0. The number of hydrogen-bond acceptors (Lipinski definition) is 1. The Labute approximate surface area is 69.8 Å². The molecule has 1 nitrogen and oxygen atoms in total. The Morgan fingerprint density at radius 3 is 1.25 bits per heavy atom. The van der Waals surface area contributed by atoms with Crippen LogP contribution in [0.4, 0.5) is 0 Å². The fraction of sp³-hybridized carbons (Fsp3) is 0. The van der Waals surface area contributed by atoms with Gasteiger partial charge in [-0.2, -0.15) is 0 Å². The number of hydrogen-bond donors (Lipinski definition) is 0. The second-order valence-electron chi connectivity index (χ2n) is 0. The first-order valence-electron chi connectivity index (χ1n) is 0.167. The van der Waals surface area contributed by atoms with Gasteiger partial charge in [-0.25, -0.2) is 0 Å². The van der Waals surface area contributed by atoms with E-state index in [0.717, 1.165) is 0 Å². The molecule has 0 aliphatic carbocycles. The van der Waals surface area contributed by atoms with Gasteiger partial charge in [-0.3, -0.25) is 0 Å². The third-order valence-corrected chi connectivity index (χ3v) is 0. The first-order chi connectivity index (χ1) is 1.00. The van der Waals surface area contributed by atoms with Gasteiger partial charge in [0.25, 0.3) is 0 Å². The fourth-order valence-corrected chi connectivity index (χ4v) is 0. The van der Waals surface area contributed by atoms with Crippen LogP contribution in [0.2, 0.25) is 0 Å². The third kappa shape index (κ3) is 8.95. The SMILES string of the molecule is [In].[O]=[W].[Ti]. The average molecular weight is 363 g/mol. The predicted molar refractivity (Wildman–Crippen MR) is 6.44 cm³/mol. The standard InChI is InChI=1S/In.O.Ti.W. The van der Waals surface area contributed by atoms with E-state index in [1.807, 2.05) is 0 Å². The maximum atomic E-state index is 8.33. The van der Waals surface area contributed by atoms with Gasteiger partial charge < -0.3 is 0 Å². The molecule has 0 aliphatic heterocycles. The normalized spacial score (nSPS) is 1.00. The van der Waals surface area contributed by atoms with Gasteiger partial charge in [-0.05, 0) is 0 Å². The van der Waals surface area contributed by atoms with E-state index in [9.17, 15) is 0 Å². The van der Waals surface area contributed by atoms with E-state index >= 15 is 0 Å². The van der Waals surface area contributed by atoms with Crippen molar-refractivity contribution in [3.05, 3.63) is 0 Å². The summed E-state index contributed by atoms with van der Waals surface area (Å²) < 4.78 is 8.33. The Morgan fingerprint density at radius 1 is 1.25 bits per heavy atom. The molecule has 0 aromatic carbocycles. The summed E-state index contributed by atoms with van der Waals surface area (Å²) in [5, 5.41) is 0. The maximum absolute atomic E-state index is 8.33. The van der Waals surface area contributed by atoms with Crippen molar-refractivity contribution in [1.29, 1.82) is 0 Å². The van der Waals surface area contributed by atoms with Crippen molar-refractivity contribution in [1.82, 2.24) is 0 Å². The molecule has 0 fully saturated rings. The van der Waals surface area contributed by atoms with E-state index in [1.165, 1.54) is 0 Å². The summed E-state index contributed by atoms with van der Waals surface area (Å²) in [6.45, 7) is 0. The molecule has 0 spiro atoms. The number of rotatable bonds is 0. The zero-order valence-electron chi connectivity index (χ0n) is 1.89. The summed E-state index contributed by atoms with van der Waals surface area (Å²) in [6, 6.07) is 0. The summed E-state index contributed by atoms with van der Waals surface area (Å²) in [5.41, 5.74) is 0. The minimum Gasteiger partial charge on any atom is 0 e. The van der Waals surface area contributed by atoms with Gasteiger partial charge in [0.05, 0.1) is 0 Å². The predicted octanol–water partition coefficient (Wildman–Crippen LogP) is -0.505. The molecule has 0 aliphatic rings. The van der Waals surface area contributed by atoms with Crippen LogP contribution in [0.15, 0.2) is 0 Å². The molecule has 0 amide bonds. The molecule has 4 heavy (non-hydrogen) atoms. The second-order valence-corrected chi connectivity index (χ2v) is 0. The largest absolute Gasteiger partial charge is 0 e. The molecule has 0 atom stereocenters. The minimum atomic E-state index is 0. The molecule has 0 rings (SSSR count). The zero-order chi connectivity index (χ0) is 2.00. The average Bonchev–Trinajstić information content (AvgIpc) is 1.00. The van der Waals surface area contributed by atoms with Crippen LogP contribution in [0, 0.1) is 0 Å². The van der Waals surface area contributed by atoms with Gasteiger partial charge in [-0.15, -0.1) is 0 Å². The van der Waals surface area contributed by atoms with E-state index in [-0.39, 0.29) is 47.6 Å². The van der Waals surface area contributed by atoms with E-state index in [0.29, 0.717) is 19.8 Å². The van der Waals surface area contributed by atoms with Crippen LogP contribution < -0.4 is 0 Å². The molecule has 0 aromatic rings. The summed E-state index contributed by atoms with van der Waals surface area (Å²) in [5.74, 6) is 0.